The first kappa shape index (κ1) is 21.6. The van der Waals surface area contributed by atoms with Gasteiger partial charge < -0.3 is 15.2 Å². The molecule has 0 saturated heterocycles. The summed E-state index contributed by atoms with van der Waals surface area (Å²) < 4.78 is 36.8. The summed E-state index contributed by atoms with van der Waals surface area (Å²) in [4.78, 5) is 28.1. The molecule has 0 bridgehead atoms. The van der Waals surface area contributed by atoms with Gasteiger partial charge in [0.25, 0.3) is 15.9 Å². The smallest absolute Gasteiger partial charge is 0.334 e. The first-order valence-electron chi connectivity index (χ1n) is 7.94. The molecule has 0 aliphatic carbocycles. The van der Waals surface area contributed by atoms with Gasteiger partial charge in [0.15, 0.2) is 0 Å². The predicted octanol–water partition coefficient (Wildman–Crippen LogP) is 1.26. The number of carbonyl (C=O) groups excluding carboxylic acids is 2. The molecule has 2 heterocycles. The van der Waals surface area contributed by atoms with Crippen molar-refractivity contribution in [2.24, 2.45) is 5.73 Å². The zero-order valence-electron chi connectivity index (χ0n) is 15.4. The van der Waals surface area contributed by atoms with Crippen LogP contribution >= 0.6 is 11.3 Å². The molecule has 2 aromatic heterocycles. The Kier molecular flexibility index (Phi) is 6.94. The second-order valence-corrected chi connectivity index (χ2v) is 8.66. The fourth-order valence-corrected chi connectivity index (χ4v) is 4.67. The van der Waals surface area contributed by atoms with E-state index in [1.165, 1.54) is 25.3 Å². The maximum atomic E-state index is 12.5. The number of carbonyl (C=O) groups is 2. The van der Waals surface area contributed by atoms with E-state index in [-0.39, 0.29) is 21.5 Å². The topological polar surface area (TPSA) is 150 Å². The second-order valence-electron chi connectivity index (χ2n) is 5.62. The molecule has 28 heavy (non-hydrogen) atoms. The van der Waals surface area contributed by atoms with Crippen molar-refractivity contribution in [1.29, 1.82) is 0 Å². The highest BCUT2D eigenvalue weighted by molar-refractivity contribution is 7.92. The van der Waals surface area contributed by atoms with E-state index in [1.807, 2.05) is 4.72 Å². The number of nitrogens with zero attached hydrogens (tertiary/aromatic N) is 1. The molecule has 0 aromatic carbocycles. The average Bonchev–Trinajstić information content (AvgIpc) is 3.00. The van der Waals surface area contributed by atoms with Gasteiger partial charge in [0, 0.05) is 30.5 Å². The van der Waals surface area contributed by atoms with Gasteiger partial charge in [-0.2, -0.15) is 0 Å². The molecule has 0 aliphatic heterocycles. The molecule has 0 fully saturated rings. The van der Waals surface area contributed by atoms with E-state index in [2.05, 4.69) is 10.3 Å². The van der Waals surface area contributed by atoms with Crippen LogP contribution in [0, 0.1) is 6.92 Å². The van der Waals surface area contributed by atoms with Crippen LogP contribution in [0.4, 0.5) is 10.6 Å². The summed E-state index contributed by atoms with van der Waals surface area (Å²) in [6, 6.07) is 3.05. The van der Waals surface area contributed by atoms with Gasteiger partial charge in [-0.25, -0.2) is 22.9 Å². The van der Waals surface area contributed by atoms with Crippen LogP contribution < -0.4 is 20.5 Å². The Labute approximate surface area is 166 Å². The zero-order valence-corrected chi connectivity index (χ0v) is 17.1. The lowest BCUT2D eigenvalue weighted by molar-refractivity contribution is 0.0995. The third-order valence-electron chi connectivity index (χ3n) is 3.55. The van der Waals surface area contributed by atoms with E-state index >= 15 is 0 Å². The van der Waals surface area contributed by atoms with Crippen molar-refractivity contribution in [3.05, 3.63) is 34.3 Å². The van der Waals surface area contributed by atoms with E-state index in [1.54, 1.807) is 14.0 Å². The van der Waals surface area contributed by atoms with E-state index in [0.717, 1.165) is 21.8 Å². The Morgan fingerprint density at radius 3 is 2.57 bits per heavy atom. The number of amides is 3. The molecule has 3 amide bonds. The molecule has 2 rings (SSSR count). The number of aromatic nitrogens is 1. The summed E-state index contributed by atoms with van der Waals surface area (Å²) in [6.45, 7) is 2.24. The number of sulfonamides is 1. The Morgan fingerprint density at radius 1 is 1.25 bits per heavy atom. The maximum Gasteiger partial charge on any atom is 0.334 e. The average molecular weight is 428 g/mol. The molecule has 0 unspecified atom stereocenters. The number of urea groups is 1. The first-order valence-corrected chi connectivity index (χ1v) is 10.2. The Morgan fingerprint density at radius 2 is 1.96 bits per heavy atom. The van der Waals surface area contributed by atoms with E-state index in [4.69, 9.17) is 15.2 Å². The minimum absolute atomic E-state index is 0.00248. The number of anilines is 1. The molecule has 0 spiro atoms. The number of rotatable bonds is 8. The monoisotopic (exact) mass is 428 g/mol. The molecule has 4 N–H and O–H groups in total. The molecule has 12 heteroatoms. The lowest BCUT2D eigenvalue weighted by Gasteiger charge is -2.09. The lowest BCUT2D eigenvalue weighted by Crippen LogP contribution is -2.34. The number of hydrogen-bond acceptors (Lipinski definition) is 8. The van der Waals surface area contributed by atoms with Gasteiger partial charge in [0.2, 0.25) is 0 Å². The van der Waals surface area contributed by atoms with Crippen molar-refractivity contribution in [1.82, 2.24) is 9.71 Å². The lowest BCUT2D eigenvalue weighted by atomic mass is 10.2. The quantitative estimate of drug-likeness (QED) is 0.573. The molecule has 0 saturated carbocycles. The summed E-state index contributed by atoms with van der Waals surface area (Å²) in [5.74, 6) is -0.699. The number of methoxy groups -OCH3 is 2. The van der Waals surface area contributed by atoms with Crippen LogP contribution in [0.3, 0.4) is 0 Å². The van der Waals surface area contributed by atoms with Gasteiger partial charge in [-0.05, 0) is 18.6 Å². The second kappa shape index (κ2) is 8.99. The molecule has 152 valence electrons. The van der Waals surface area contributed by atoms with Crippen molar-refractivity contribution in [3.63, 3.8) is 0 Å². The molecule has 0 aliphatic rings. The van der Waals surface area contributed by atoms with Crippen molar-refractivity contribution in [2.45, 2.75) is 17.6 Å². The Bertz CT molecular complexity index is 987. The third-order valence-corrected chi connectivity index (χ3v) is 6.65. The van der Waals surface area contributed by atoms with Crippen LogP contribution in [-0.2, 0) is 21.2 Å². The van der Waals surface area contributed by atoms with Crippen LogP contribution in [-0.4, -0.2) is 46.2 Å². The molecule has 2 aromatic rings. The SMILES string of the molecule is COCCc1sc(S(=O)(=O)NC(=O)Nc2cc(OC)cc(C(N)=O)n2)cc1C. The predicted molar refractivity (Wildman–Crippen MR) is 103 cm³/mol. The number of ether oxygens (including phenoxy) is 2. The highest BCUT2D eigenvalue weighted by Gasteiger charge is 2.22. The number of primary amides is 1. The van der Waals surface area contributed by atoms with Crippen molar-refractivity contribution in [2.75, 3.05) is 26.1 Å². The highest BCUT2D eigenvalue weighted by atomic mass is 32.2. The maximum absolute atomic E-state index is 12.5. The van der Waals surface area contributed by atoms with E-state index in [0.29, 0.717) is 13.0 Å². The van der Waals surface area contributed by atoms with E-state index < -0.39 is 22.0 Å². The van der Waals surface area contributed by atoms with Crippen LogP contribution in [0.25, 0.3) is 0 Å². The van der Waals surface area contributed by atoms with E-state index in [9.17, 15) is 18.0 Å². The van der Waals surface area contributed by atoms with Crippen LogP contribution in [0.2, 0.25) is 0 Å². The largest absolute Gasteiger partial charge is 0.497 e. The Balaban J connectivity index is 2.16. The summed E-state index contributed by atoms with van der Waals surface area (Å²) in [5, 5.41) is 2.25. The third kappa shape index (κ3) is 5.41. The first-order chi connectivity index (χ1) is 13.2. The van der Waals surface area contributed by atoms with Crippen LogP contribution in [0.5, 0.6) is 5.75 Å². The number of nitrogens with two attached hydrogens (primary N) is 1. The molecule has 0 atom stereocenters. The molecular formula is C16H20N4O6S2. The number of pyridine rings is 1. The molecule has 0 radical (unpaired) electrons. The standard InChI is InChI=1S/C16H20N4O6S2/c1-9-6-14(27-12(9)4-5-25-2)28(23,24)20-16(22)19-13-8-10(26-3)7-11(18-13)15(17)21/h6-8H,4-5H2,1-3H3,(H2,17,21)(H2,18,19,20,22). The van der Waals surface area contributed by atoms with Gasteiger partial charge in [-0.3, -0.25) is 10.1 Å². The molecular weight excluding hydrogens is 408 g/mol. The highest BCUT2D eigenvalue weighted by Crippen LogP contribution is 2.26. The summed E-state index contributed by atoms with van der Waals surface area (Å²) in [6.07, 6.45) is 0.568. The number of aryl methyl sites for hydroxylation is 1. The number of hydrogen-bond donors (Lipinski definition) is 3. The molecule has 10 nitrogen and oxygen atoms in total. The minimum Gasteiger partial charge on any atom is -0.497 e. The summed E-state index contributed by atoms with van der Waals surface area (Å²) >= 11 is 1.06. The van der Waals surface area contributed by atoms with Crippen LogP contribution in [0.1, 0.15) is 20.9 Å². The minimum atomic E-state index is -4.08. The summed E-state index contributed by atoms with van der Waals surface area (Å²) in [5.41, 5.74) is 5.83. The van der Waals surface area contributed by atoms with Crippen LogP contribution in [0.15, 0.2) is 22.4 Å². The van der Waals surface area contributed by atoms with Crippen molar-refractivity contribution < 1.29 is 27.5 Å². The fourth-order valence-electron chi connectivity index (χ4n) is 2.19. The normalized spacial score (nSPS) is 11.1. The zero-order chi connectivity index (χ0) is 20.9. The van der Waals surface area contributed by atoms with Gasteiger partial charge in [-0.15, -0.1) is 11.3 Å². The van der Waals surface area contributed by atoms with Crippen molar-refractivity contribution >= 4 is 39.1 Å². The Hall–Kier alpha value is -2.70. The van der Waals surface area contributed by atoms with Gasteiger partial charge in [-0.1, -0.05) is 0 Å². The van der Waals surface area contributed by atoms with Crippen molar-refractivity contribution in [3.8, 4) is 5.75 Å². The van der Waals surface area contributed by atoms with Gasteiger partial charge in [0.1, 0.15) is 21.5 Å². The summed E-state index contributed by atoms with van der Waals surface area (Å²) in [7, 11) is -1.17. The number of nitrogens with one attached hydrogen (secondary N) is 2. The fraction of sp³-hybridized carbons (Fsp3) is 0.312. The number of thiophene rings is 1. The van der Waals surface area contributed by atoms with Gasteiger partial charge in [0.05, 0.1) is 13.7 Å². The van der Waals surface area contributed by atoms with Gasteiger partial charge >= 0.3 is 6.03 Å².